The van der Waals surface area contributed by atoms with Crippen LogP contribution in [0.3, 0.4) is 0 Å². The summed E-state index contributed by atoms with van der Waals surface area (Å²) >= 11 is 0. The Bertz CT molecular complexity index is 1060. The summed E-state index contributed by atoms with van der Waals surface area (Å²) < 4.78 is 2.15. The van der Waals surface area contributed by atoms with E-state index in [0.717, 1.165) is 33.7 Å². The van der Waals surface area contributed by atoms with E-state index in [2.05, 4.69) is 75.9 Å². The number of benzene rings is 2. The first kappa shape index (κ1) is 16.1. The van der Waals surface area contributed by atoms with E-state index < -0.39 is 0 Å². The molecule has 4 rings (SSSR count). The van der Waals surface area contributed by atoms with Crippen molar-refractivity contribution in [3.8, 4) is 16.8 Å². The summed E-state index contributed by atoms with van der Waals surface area (Å²) in [5.74, 6) is 0.820. The Labute approximate surface area is 152 Å². The molecular weight excluding hydrogens is 320 g/mol. The molecular formula is C22H20N4. The van der Waals surface area contributed by atoms with E-state index in [-0.39, 0.29) is 0 Å². The summed E-state index contributed by atoms with van der Waals surface area (Å²) in [7, 11) is 0. The van der Waals surface area contributed by atoms with Crippen LogP contribution in [0.25, 0.3) is 27.8 Å². The van der Waals surface area contributed by atoms with Gasteiger partial charge in [-0.1, -0.05) is 54.6 Å². The first-order chi connectivity index (χ1) is 12.8. The zero-order chi connectivity index (χ0) is 17.9. The van der Waals surface area contributed by atoms with Gasteiger partial charge in [-0.25, -0.2) is 9.97 Å². The van der Waals surface area contributed by atoms with Gasteiger partial charge in [0, 0.05) is 24.0 Å². The summed E-state index contributed by atoms with van der Waals surface area (Å²) in [6.45, 7) is 6.55. The van der Waals surface area contributed by atoms with E-state index in [1.807, 2.05) is 24.3 Å². The number of anilines is 1. The van der Waals surface area contributed by atoms with Crippen LogP contribution in [0.5, 0.6) is 0 Å². The summed E-state index contributed by atoms with van der Waals surface area (Å²) in [6.07, 6.45) is 5.59. The molecule has 128 valence electrons. The van der Waals surface area contributed by atoms with Gasteiger partial charge in [-0.3, -0.25) is 0 Å². The smallest absolute Gasteiger partial charge is 0.150 e. The van der Waals surface area contributed by atoms with E-state index in [9.17, 15) is 0 Å². The van der Waals surface area contributed by atoms with Crippen molar-refractivity contribution in [3.63, 3.8) is 0 Å². The number of nitrogens with one attached hydrogen (secondary N) is 1. The molecule has 0 spiro atoms. The summed E-state index contributed by atoms with van der Waals surface area (Å²) in [4.78, 5) is 9.08. The van der Waals surface area contributed by atoms with Crippen LogP contribution in [-0.2, 0) is 0 Å². The standard InChI is InChI=1S/C22H20N4/c1-3-13-23-21-20-18(17-10-5-4-6-11-17)14-26(22(20)25-15-24-21)19-12-8-7-9-16(19)2/h3-12,14-15H,1,13H2,2H3,(H,23,24,25). The highest BCUT2D eigenvalue weighted by molar-refractivity contribution is 6.02. The van der Waals surface area contributed by atoms with Crippen LogP contribution in [0.4, 0.5) is 5.82 Å². The van der Waals surface area contributed by atoms with Crippen LogP contribution in [0, 0.1) is 6.92 Å². The number of hydrogen-bond donors (Lipinski definition) is 1. The molecule has 2 heterocycles. The minimum Gasteiger partial charge on any atom is -0.366 e. The maximum Gasteiger partial charge on any atom is 0.150 e. The average Bonchev–Trinajstić information content (AvgIpc) is 3.07. The van der Waals surface area contributed by atoms with Gasteiger partial charge < -0.3 is 9.88 Å². The molecule has 0 aliphatic heterocycles. The Morgan fingerprint density at radius 3 is 2.58 bits per heavy atom. The molecule has 0 radical (unpaired) electrons. The van der Waals surface area contributed by atoms with Crippen molar-refractivity contribution in [1.82, 2.24) is 14.5 Å². The lowest BCUT2D eigenvalue weighted by atomic mass is 10.1. The number of rotatable bonds is 5. The van der Waals surface area contributed by atoms with E-state index in [0.29, 0.717) is 6.54 Å². The number of aryl methyl sites for hydroxylation is 1. The molecule has 0 saturated carbocycles. The van der Waals surface area contributed by atoms with E-state index in [4.69, 9.17) is 0 Å². The molecule has 1 N–H and O–H groups in total. The number of fused-ring (bicyclic) bond motifs is 1. The molecule has 0 atom stereocenters. The summed E-state index contributed by atoms with van der Waals surface area (Å²) in [5.41, 5.74) is 5.45. The van der Waals surface area contributed by atoms with Crippen molar-refractivity contribution in [1.29, 1.82) is 0 Å². The minimum absolute atomic E-state index is 0.649. The van der Waals surface area contributed by atoms with Gasteiger partial charge in [0.25, 0.3) is 0 Å². The van der Waals surface area contributed by atoms with Crippen molar-refractivity contribution in [2.24, 2.45) is 0 Å². The van der Waals surface area contributed by atoms with Gasteiger partial charge in [0.2, 0.25) is 0 Å². The highest BCUT2D eigenvalue weighted by atomic mass is 15.1. The Balaban J connectivity index is 2.03. The molecule has 2 aromatic heterocycles. The lowest BCUT2D eigenvalue weighted by Crippen LogP contribution is -2.02. The first-order valence-electron chi connectivity index (χ1n) is 8.62. The first-order valence-corrected chi connectivity index (χ1v) is 8.62. The maximum absolute atomic E-state index is 4.60. The molecule has 2 aromatic carbocycles. The largest absolute Gasteiger partial charge is 0.366 e. The molecule has 0 fully saturated rings. The van der Waals surface area contributed by atoms with Gasteiger partial charge in [-0.2, -0.15) is 0 Å². The Morgan fingerprint density at radius 2 is 1.81 bits per heavy atom. The maximum atomic E-state index is 4.60. The fraction of sp³-hybridized carbons (Fsp3) is 0.0909. The Morgan fingerprint density at radius 1 is 1.04 bits per heavy atom. The zero-order valence-electron chi connectivity index (χ0n) is 14.7. The van der Waals surface area contributed by atoms with Crippen LogP contribution in [0.1, 0.15) is 5.56 Å². The van der Waals surface area contributed by atoms with Gasteiger partial charge in [0.05, 0.1) is 5.39 Å². The van der Waals surface area contributed by atoms with Crippen molar-refractivity contribution >= 4 is 16.9 Å². The van der Waals surface area contributed by atoms with Gasteiger partial charge >= 0.3 is 0 Å². The van der Waals surface area contributed by atoms with Crippen LogP contribution in [0.15, 0.2) is 79.8 Å². The van der Waals surface area contributed by atoms with Crippen LogP contribution >= 0.6 is 0 Å². The molecule has 0 amide bonds. The SMILES string of the molecule is C=CCNc1ncnc2c1c(-c1ccccc1)cn2-c1ccccc1C. The fourth-order valence-corrected chi connectivity index (χ4v) is 3.22. The zero-order valence-corrected chi connectivity index (χ0v) is 14.7. The molecule has 26 heavy (non-hydrogen) atoms. The Kier molecular flexibility index (Phi) is 4.23. The predicted octanol–water partition coefficient (Wildman–Crippen LogP) is 4.99. The topological polar surface area (TPSA) is 42.7 Å². The molecule has 0 bridgehead atoms. The normalized spacial score (nSPS) is 10.8. The fourth-order valence-electron chi connectivity index (χ4n) is 3.22. The molecule has 4 nitrogen and oxygen atoms in total. The van der Waals surface area contributed by atoms with Gasteiger partial charge in [-0.15, -0.1) is 6.58 Å². The third-order valence-electron chi connectivity index (χ3n) is 4.46. The predicted molar refractivity (Wildman–Crippen MR) is 108 cm³/mol. The third kappa shape index (κ3) is 2.75. The highest BCUT2D eigenvalue weighted by Gasteiger charge is 2.17. The van der Waals surface area contributed by atoms with Crippen LogP contribution in [-0.4, -0.2) is 21.1 Å². The Hall–Kier alpha value is -3.40. The number of para-hydroxylation sites is 1. The van der Waals surface area contributed by atoms with E-state index in [1.54, 1.807) is 6.33 Å². The molecule has 0 unspecified atom stereocenters. The van der Waals surface area contributed by atoms with E-state index in [1.165, 1.54) is 5.56 Å². The number of nitrogens with zero attached hydrogens (tertiary/aromatic N) is 3. The van der Waals surface area contributed by atoms with Crippen molar-refractivity contribution < 1.29 is 0 Å². The average molecular weight is 340 g/mol. The summed E-state index contributed by atoms with van der Waals surface area (Å²) in [6, 6.07) is 18.7. The molecule has 0 aliphatic carbocycles. The van der Waals surface area contributed by atoms with E-state index >= 15 is 0 Å². The van der Waals surface area contributed by atoms with Gasteiger partial charge in [0.15, 0.2) is 5.65 Å². The van der Waals surface area contributed by atoms with Crippen molar-refractivity contribution in [2.45, 2.75) is 6.92 Å². The molecule has 4 heteroatoms. The van der Waals surface area contributed by atoms with Gasteiger partial charge in [-0.05, 0) is 24.1 Å². The molecule has 0 saturated heterocycles. The quantitative estimate of drug-likeness (QED) is 0.520. The lowest BCUT2D eigenvalue weighted by Gasteiger charge is -2.09. The second-order valence-corrected chi connectivity index (χ2v) is 6.16. The third-order valence-corrected chi connectivity index (χ3v) is 4.46. The summed E-state index contributed by atoms with van der Waals surface area (Å²) in [5, 5.41) is 4.36. The number of hydrogen-bond acceptors (Lipinski definition) is 3. The second-order valence-electron chi connectivity index (χ2n) is 6.16. The lowest BCUT2D eigenvalue weighted by molar-refractivity contribution is 1.06. The monoisotopic (exact) mass is 340 g/mol. The van der Waals surface area contributed by atoms with Crippen LogP contribution < -0.4 is 5.32 Å². The van der Waals surface area contributed by atoms with Crippen molar-refractivity contribution in [2.75, 3.05) is 11.9 Å². The molecule has 0 aliphatic rings. The van der Waals surface area contributed by atoms with Gasteiger partial charge in [0.1, 0.15) is 12.1 Å². The molecule has 4 aromatic rings. The second kappa shape index (κ2) is 6.84. The minimum atomic E-state index is 0.649. The van der Waals surface area contributed by atoms with Crippen LogP contribution in [0.2, 0.25) is 0 Å². The number of aromatic nitrogens is 3. The van der Waals surface area contributed by atoms with Crippen molar-refractivity contribution in [3.05, 3.63) is 85.3 Å². The highest BCUT2D eigenvalue weighted by Crippen LogP contribution is 2.35.